The van der Waals surface area contributed by atoms with Gasteiger partial charge in [-0.2, -0.15) is 0 Å². The quantitative estimate of drug-likeness (QED) is 0.414. The molecule has 2 aromatic carbocycles. The van der Waals surface area contributed by atoms with Gasteiger partial charge >= 0.3 is 5.97 Å². The van der Waals surface area contributed by atoms with Gasteiger partial charge in [0.15, 0.2) is 6.10 Å². The molecule has 28 heavy (non-hydrogen) atoms. The van der Waals surface area contributed by atoms with Crippen LogP contribution in [-0.2, 0) is 20.9 Å². The van der Waals surface area contributed by atoms with Crippen molar-refractivity contribution in [3.8, 4) is 0 Å². The van der Waals surface area contributed by atoms with E-state index in [2.05, 4.69) is 0 Å². The van der Waals surface area contributed by atoms with E-state index in [4.69, 9.17) is 16.3 Å². The molecule has 1 atom stereocenters. The number of amides is 1. The van der Waals surface area contributed by atoms with Gasteiger partial charge in [-0.05, 0) is 24.6 Å². The Labute approximate surface area is 173 Å². The van der Waals surface area contributed by atoms with Crippen molar-refractivity contribution in [2.24, 2.45) is 0 Å². The van der Waals surface area contributed by atoms with Crippen molar-refractivity contribution < 1.29 is 14.3 Å². The van der Waals surface area contributed by atoms with E-state index in [1.165, 1.54) is 17.4 Å². The molecule has 3 rings (SSSR count). The van der Waals surface area contributed by atoms with Crippen LogP contribution in [0, 0.1) is 0 Å². The monoisotopic (exact) mass is 413 g/mol. The van der Waals surface area contributed by atoms with E-state index in [1.807, 2.05) is 54.6 Å². The van der Waals surface area contributed by atoms with Gasteiger partial charge in [-0.15, -0.1) is 11.3 Å². The fraction of sp³-hybridized carbons (Fsp3) is 0.182. The minimum Gasteiger partial charge on any atom is -0.449 e. The standard InChI is InChI=1S/C22H20ClNO3S/c1-15(22(26)24(2)14-16-8-4-3-5-9-16)27-20(25)13-12-19-21(23)17-10-6-7-11-18(17)28-19/h3-13,15H,14H2,1-2H3/b13-12+/t15-/m0/s1. The van der Waals surface area contributed by atoms with Crippen LogP contribution in [0.2, 0.25) is 5.02 Å². The third kappa shape index (κ3) is 4.80. The first kappa shape index (κ1) is 20.1. The van der Waals surface area contributed by atoms with Crippen LogP contribution in [0.3, 0.4) is 0 Å². The van der Waals surface area contributed by atoms with Gasteiger partial charge in [0.2, 0.25) is 0 Å². The molecule has 6 heteroatoms. The number of hydrogen-bond donors (Lipinski definition) is 0. The second-order valence-electron chi connectivity index (χ2n) is 6.37. The lowest BCUT2D eigenvalue weighted by Gasteiger charge is -2.21. The zero-order valence-corrected chi connectivity index (χ0v) is 17.2. The molecule has 0 aliphatic heterocycles. The highest BCUT2D eigenvalue weighted by Gasteiger charge is 2.20. The number of halogens is 1. The molecule has 0 bridgehead atoms. The van der Waals surface area contributed by atoms with Crippen LogP contribution >= 0.6 is 22.9 Å². The number of ether oxygens (including phenoxy) is 1. The molecule has 0 unspecified atom stereocenters. The van der Waals surface area contributed by atoms with Gasteiger partial charge in [0.05, 0.1) is 5.02 Å². The molecule has 1 amide bonds. The fourth-order valence-electron chi connectivity index (χ4n) is 2.79. The first-order valence-electron chi connectivity index (χ1n) is 8.80. The highest BCUT2D eigenvalue weighted by atomic mass is 35.5. The van der Waals surface area contributed by atoms with E-state index in [-0.39, 0.29) is 5.91 Å². The number of esters is 1. The van der Waals surface area contributed by atoms with Crippen molar-refractivity contribution in [1.82, 2.24) is 4.90 Å². The van der Waals surface area contributed by atoms with Crippen LogP contribution in [0.15, 0.2) is 60.7 Å². The number of nitrogens with zero attached hydrogens (tertiary/aromatic N) is 1. The molecule has 0 saturated carbocycles. The molecule has 0 fully saturated rings. The second kappa shape index (κ2) is 9.04. The van der Waals surface area contributed by atoms with Crippen LogP contribution in [0.25, 0.3) is 16.2 Å². The van der Waals surface area contributed by atoms with Gasteiger partial charge in [0, 0.05) is 34.6 Å². The maximum Gasteiger partial charge on any atom is 0.331 e. The Bertz CT molecular complexity index is 1010. The molecule has 0 N–H and O–H groups in total. The normalized spacial score (nSPS) is 12.2. The van der Waals surface area contributed by atoms with E-state index < -0.39 is 12.1 Å². The molecule has 3 aromatic rings. The lowest BCUT2D eigenvalue weighted by molar-refractivity contribution is -0.154. The van der Waals surface area contributed by atoms with Crippen molar-refractivity contribution in [3.05, 3.63) is 76.1 Å². The molecular weight excluding hydrogens is 394 g/mol. The van der Waals surface area contributed by atoms with Gasteiger partial charge in [-0.25, -0.2) is 4.79 Å². The summed E-state index contributed by atoms with van der Waals surface area (Å²) in [7, 11) is 1.69. The maximum atomic E-state index is 12.4. The maximum absolute atomic E-state index is 12.4. The zero-order chi connectivity index (χ0) is 20.1. The SMILES string of the molecule is C[C@H](OC(=O)/C=C/c1sc2ccccc2c1Cl)C(=O)N(C)Cc1ccccc1. The smallest absolute Gasteiger partial charge is 0.331 e. The number of carbonyl (C=O) groups excluding carboxylic acids is 2. The molecule has 0 aliphatic carbocycles. The van der Waals surface area contributed by atoms with Gasteiger partial charge in [0.25, 0.3) is 5.91 Å². The van der Waals surface area contributed by atoms with Gasteiger partial charge in [-0.3, -0.25) is 4.79 Å². The van der Waals surface area contributed by atoms with Crippen molar-refractivity contribution in [2.75, 3.05) is 7.05 Å². The predicted octanol–water partition coefficient (Wildman–Crippen LogP) is 5.16. The number of benzene rings is 2. The highest BCUT2D eigenvalue weighted by molar-refractivity contribution is 7.20. The topological polar surface area (TPSA) is 46.6 Å². The van der Waals surface area contributed by atoms with Gasteiger partial charge < -0.3 is 9.64 Å². The summed E-state index contributed by atoms with van der Waals surface area (Å²) in [4.78, 5) is 26.9. The van der Waals surface area contributed by atoms with Crippen molar-refractivity contribution in [3.63, 3.8) is 0 Å². The Morgan fingerprint density at radius 2 is 1.82 bits per heavy atom. The predicted molar refractivity (Wildman–Crippen MR) is 114 cm³/mol. The zero-order valence-electron chi connectivity index (χ0n) is 15.6. The Morgan fingerprint density at radius 1 is 1.14 bits per heavy atom. The average molecular weight is 414 g/mol. The van der Waals surface area contributed by atoms with E-state index in [9.17, 15) is 9.59 Å². The summed E-state index contributed by atoms with van der Waals surface area (Å²) in [6.45, 7) is 2.02. The molecule has 0 aliphatic rings. The number of carbonyl (C=O) groups is 2. The van der Waals surface area contributed by atoms with Crippen LogP contribution in [0.4, 0.5) is 0 Å². The average Bonchev–Trinajstić information content (AvgIpc) is 3.02. The third-order valence-electron chi connectivity index (χ3n) is 4.21. The second-order valence-corrected chi connectivity index (χ2v) is 7.83. The molecular formula is C22H20ClNO3S. The minimum absolute atomic E-state index is 0.259. The number of hydrogen-bond acceptors (Lipinski definition) is 4. The Kier molecular flexibility index (Phi) is 6.49. The van der Waals surface area contributed by atoms with Crippen molar-refractivity contribution in [1.29, 1.82) is 0 Å². The summed E-state index contributed by atoms with van der Waals surface area (Å²) in [6, 6.07) is 17.4. The molecule has 1 heterocycles. The third-order valence-corrected chi connectivity index (χ3v) is 5.87. The van der Waals surface area contributed by atoms with Crippen LogP contribution in [0.5, 0.6) is 0 Å². The fourth-order valence-corrected chi connectivity index (χ4v) is 4.19. The highest BCUT2D eigenvalue weighted by Crippen LogP contribution is 2.35. The Balaban J connectivity index is 1.59. The lowest BCUT2D eigenvalue weighted by Crippen LogP contribution is -2.36. The lowest BCUT2D eigenvalue weighted by atomic mass is 10.2. The summed E-state index contributed by atoms with van der Waals surface area (Å²) in [5.41, 5.74) is 1.01. The summed E-state index contributed by atoms with van der Waals surface area (Å²) >= 11 is 7.86. The minimum atomic E-state index is -0.872. The van der Waals surface area contributed by atoms with E-state index in [0.29, 0.717) is 11.6 Å². The summed E-state index contributed by atoms with van der Waals surface area (Å²) < 4.78 is 6.30. The van der Waals surface area contributed by atoms with Crippen LogP contribution in [-0.4, -0.2) is 29.9 Å². The molecule has 4 nitrogen and oxygen atoms in total. The molecule has 0 spiro atoms. The van der Waals surface area contributed by atoms with Crippen molar-refractivity contribution in [2.45, 2.75) is 19.6 Å². The van der Waals surface area contributed by atoms with E-state index >= 15 is 0 Å². The first-order valence-corrected chi connectivity index (χ1v) is 10.00. The van der Waals surface area contributed by atoms with Gasteiger partial charge in [-0.1, -0.05) is 60.1 Å². The molecule has 1 aromatic heterocycles. The molecule has 0 radical (unpaired) electrons. The van der Waals surface area contributed by atoms with Crippen molar-refractivity contribution >= 4 is 51.0 Å². The number of fused-ring (bicyclic) bond motifs is 1. The number of likely N-dealkylation sites (N-methyl/N-ethyl adjacent to an activating group) is 1. The van der Waals surface area contributed by atoms with E-state index in [0.717, 1.165) is 20.5 Å². The Hall–Kier alpha value is -2.63. The summed E-state index contributed by atoms with van der Waals surface area (Å²) in [5, 5.41) is 1.56. The van der Waals surface area contributed by atoms with Crippen LogP contribution < -0.4 is 0 Å². The molecule has 144 valence electrons. The number of thiophene rings is 1. The molecule has 0 saturated heterocycles. The summed E-state index contributed by atoms with van der Waals surface area (Å²) in [6.07, 6.45) is 2.06. The largest absolute Gasteiger partial charge is 0.449 e. The first-order chi connectivity index (χ1) is 13.5. The van der Waals surface area contributed by atoms with E-state index in [1.54, 1.807) is 24.9 Å². The summed E-state index contributed by atoms with van der Waals surface area (Å²) in [5.74, 6) is -0.840. The van der Waals surface area contributed by atoms with Crippen LogP contribution in [0.1, 0.15) is 17.4 Å². The number of rotatable bonds is 6. The Morgan fingerprint density at radius 3 is 2.54 bits per heavy atom. The van der Waals surface area contributed by atoms with Gasteiger partial charge in [0.1, 0.15) is 0 Å².